The Labute approximate surface area is 152 Å². The number of amides is 1. The number of nitro benzene ring substituents is 1. The van der Waals surface area contributed by atoms with Gasteiger partial charge in [0.1, 0.15) is 0 Å². The second-order valence-electron chi connectivity index (χ2n) is 5.15. The van der Waals surface area contributed by atoms with Crippen molar-refractivity contribution in [3.63, 3.8) is 0 Å². The highest BCUT2D eigenvalue weighted by atomic mass is 19.1. The molecule has 1 N–H and O–H groups in total. The number of halogens is 1. The van der Waals surface area contributed by atoms with Gasteiger partial charge >= 0.3 is 11.7 Å². The van der Waals surface area contributed by atoms with Crippen LogP contribution in [0, 0.1) is 15.9 Å². The van der Waals surface area contributed by atoms with Crippen molar-refractivity contribution in [1.29, 1.82) is 0 Å². The largest absolute Gasteiger partial charge is 0.478 e. The van der Waals surface area contributed by atoms with Crippen LogP contribution in [0.4, 0.5) is 15.8 Å². The number of hydrogen-bond donors (Lipinski definition) is 1. The monoisotopic (exact) mass is 378 g/mol. The highest BCUT2D eigenvalue weighted by Crippen LogP contribution is 2.38. The zero-order valence-electron chi connectivity index (χ0n) is 14.4. The average molecular weight is 378 g/mol. The molecule has 0 unspecified atom stereocenters. The maximum Gasteiger partial charge on any atom is 0.343 e. The molecule has 0 atom stereocenters. The summed E-state index contributed by atoms with van der Waals surface area (Å²) in [5.74, 6) is -2.34. The number of carbonyl (C=O) groups excluding carboxylic acids is 2. The van der Waals surface area contributed by atoms with E-state index in [0.717, 1.165) is 13.0 Å². The molecule has 0 fully saturated rings. The Morgan fingerprint density at radius 1 is 1.19 bits per heavy atom. The summed E-state index contributed by atoms with van der Waals surface area (Å²) in [6.45, 7) is 0.761. The van der Waals surface area contributed by atoms with Crippen LogP contribution in [-0.2, 0) is 14.3 Å². The van der Waals surface area contributed by atoms with Crippen LogP contribution in [-0.4, -0.2) is 30.5 Å². The molecule has 0 aliphatic rings. The second-order valence-corrected chi connectivity index (χ2v) is 5.15. The number of nitro groups is 1. The molecule has 0 aromatic heterocycles. The summed E-state index contributed by atoms with van der Waals surface area (Å²) in [7, 11) is 1.19. The first kappa shape index (κ1) is 19.6. The molecule has 0 aliphatic carbocycles. The molecule has 2 aromatic carbocycles. The molecule has 2 rings (SSSR count). The Kier molecular flexibility index (Phi) is 6.26. The van der Waals surface area contributed by atoms with Crippen molar-refractivity contribution in [2.45, 2.75) is 6.92 Å². The van der Waals surface area contributed by atoms with Crippen LogP contribution in [0.5, 0.6) is 17.2 Å². The van der Waals surface area contributed by atoms with Gasteiger partial charge in [-0.15, -0.1) is 0 Å². The third-order valence-electron chi connectivity index (χ3n) is 3.20. The molecule has 142 valence electrons. The molecule has 2 aromatic rings. The van der Waals surface area contributed by atoms with Gasteiger partial charge in [-0.25, -0.2) is 9.18 Å². The first-order chi connectivity index (χ1) is 12.8. The van der Waals surface area contributed by atoms with Gasteiger partial charge in [0.2, 0.25) is 11.7 Å². The van der Waals surface area contributed by atoms with Crippen molar-refractivity contribution >= 4 is 23.3 Å². The highest BCUT2D eigenvalue weighted by molar-refractivity contribution is 5.89. The molecule has 0 aliphatic heterocycles. The van der Waals surface area contributed by atoms with Crippen LogP contribution in [0.3, 0.4) is 0 Å². The Morgan fingerprint density at radius 3 is 2.44 bits per heavy atom. The molecule has 0 saturated carbocycles. The zero-order chi connectivity index (χ0) is 20.0. The van der Waals surface area contributed by atoms with E-state index < -0.39 is 34.9 Å². The third-order valence-corrected chi connectivity index (χ3v) is 3.20. The summed E-state index contributed by atoms with van der Waals surface area (Å²) in [6, 6.07) is 7.72. The number of hydrogen-bond acceptors (Lipinski definition) is 7. The normalized spacial score (nSPS) is 10.0. The Bertz CT molecular complexity index is 886. The number of benzene rings is 2. The van der Waals surface area contributed by atoms with Crippen molar-refractivity contribution in [2.75, 3.05) is 19.0 Å². The van der Waals surface area contributed by atoms with Gasteiger partial charge in [0, 0.05) is 13.0 Å². The third kappa shape index (κ3) is 5.14. The number of nitrogens with one attached hydrogen (secondary N) is 1. The first-order valence-electron chi connectivity index (χ1n) is 7.54. The lowest BCUT2D eigenvalue weighted by atomic mass is 10.2. The number of methoxy groups -OCH3 is 1. The van der Waals surface area contributed by atoms with Gasteiger partial charge in [-0.3, -0.25) is 14.9 Å². The minimum absolute atomic E-state index is 0.0462. The number of rotatable bonds is 7. The predicted octanol–water partition coefficient (Wildman–Crippen LogP) is 3.04. The van der Waals surface area contributed by atoms with Crippen LogP contribution >= 0.6 is 0 Å². The van der Waals surface area contributed by atoms with Crippen molar-refractivity contribution < 1.29 is 33.1 Å². The Balaban J connectivity index is 2.39. The minimum atomic E-state index is -0.987. The van der Waals surface area contributed by atoms with Crippen LogP contribution in [0.1, 0.15) is 6.92 Å². The van der Waals surface area contributed by atoms with Gasteiger partial charge in [-0.05, 0) is 12.1 Å². The quantitative estimate of drug-likeness (QED) is 0.447. The number of para-hydroxylation sites is 2. The molecule has 0 spiro atoms. The smallest absolute Gasteiger partial charge is 0.343 e. The van der Waals surface area contributed by atoms with Gasteiger partial charge in [0.25, 0.3) is 0 Å². The van der Waals surface area contributed by atoms with E-state index in [4.69, 9.17) is 9.47 Å². The van der Waals surface area contributed by atoms with Gasteiger partial charge in [0.05, 0.1) is 23.8 Å². The summed E-state index contributed by atoms with van der Waals surface area (Å²) >= 11 is 0. The van der Waals surface area contributed by atoms with E-state index in [2.05, 4.69) is 10.1 Å². The van der Waals surface area contributed by atoms with Crippen LogP contribution in [0.25, 0.3) is 0 Å². The maximum absolute atomic E-state index is 14.0. The molecule has 0 saturated heterocycles. The first-order valence-corrected chi connectivity index (χ1v) is 7.54. The van der Waals surface area contributed by atoms with Crippen molar-refractivity contribution in [2.24, 2.45) is 0 Å². The maximum atomic E-state index is 14.0. The van der Waals surface area contributed by atoms with E-state index in [9.17, 15) is 24.1 Å². The van der Waals surface area contributed by atoms with Gasteiger partial charge in [-0.1, -0.05) is 12.1 Å². The molecule has 9 nitrogen and oxygen atoms in total. The molecule has 1 amide bonds. The lowest BCUT2D eigenvalue weighted by Gasteiger charge is -2.13. The van der Waals surface area contributed by atoms with Gasteiger partial charge in [0.15, 0.2) is 23.9 Å². The van der Waals surface area contributed by atoms with E-state index >= 15 is 0 Å². The zero-order valence-corrected chi connectivity index (χ0v) is 14.4. The summed E-state index contributed by atoms with van der Waals surface area (Å²) in [5, 5.41) is 13.4. The Hall–Kier alpha value is -3.69. The standard InChI is InChI=1S/C17H15FN2O7/c1-10(21)19-12-8-16(13(20(23)24)7-11(12)18)27-15-6-4-3-5-14(15)26-9-17(22)25-2/h3-8H,9H2,1-2H3,(H,19,21). The summed E-state index contributed by atoms with van der Waals surface area (Å²) in [5.41, 5.74) is -0.930. The van der Waals surface area contributed by atoms with Gasteiger partial charge in [-0.2, -0.15) is 0 Å². The summed E-state index contributed by atoms with van der Waals surface area (Å²) in [4.78, 5) is 32.8. The molecular weight excluding hydrogens is 363 g/mol. The number of ether oxygens (including phenoxy) is 3. The van der Waals surface area contributed by atoms with E-state index in [1.807, 2.05) is 0 Å². The number of carbonyl (C=O) groups is 2. The molecule has 0 heterocycles. The van der Waals surface area contributed by atoms with E-state index in [1.54, 1.807) is 12.1 Å². The van der Waals surface area contributed by atoms with Gasteiger partial charge < -0.3 is 19.5 Å². The lowest BCUT2D eigenvalue weighted by molar-refractivity contribution is -0.385. The number of nitrogens with zero attached hydrogens (tertiary/aromatic N) is 1. The predicted molar refractivity (Wildman–Crippen MR) is 91.4 cm³/mol. The fraction of sp³-hybridized carbons (Fsp3) is 0.176. The fourth-order valence-electron chi connectivity index (χ4n) is 2.02. The SMILES string of the molecule is COC(=O)COc1ccccc1Oc1cc(NC(C)=O)c(F)cc1[N+](=O)[O-]. The van der Waals surface area contributed by atoms with Crippen LogP contribution in [0.15, 0.2) is 36.4 Å². The summed E-state index contributed by atoms with van der Waals surface area (Å²) in [6.07, 6.45) is 0. The fourth-order valence-corrected chi connectivity index (χ4v) is 2.02. The highest BCUT2D eigenvalue weighted by Gasteiger charge is 2.22. The second kappa shape index (κ2) is 8.61. The number of anilines is 1. The number of esters is 1. The Morgan fingerprint density at radius 2 is 1.85 bits per heavy atom. The lowest BCUT2D eigenvalue weighted by Crippen LogP contribution is -2.13. The average Bonchev–Trinajstić information content (AvgIpc) is 2.62. The van der Waals surface area contributed by atoms with Crippen molar-refractivity contribution in [1.82, 2.24) is 0 Å². The minimum Gasteiger partial charge on any atom is -0.478 e. The molecular formula is C17H15FN2O7. The molecule has 27 heavy (non-hydrogen) atoms. The van der Waals surface area contributed by atoms with E-state index in [0.29, 0.717) is 6.07 Å². The topological polar surface area (TPSA) is 117 Å². The molecule has 0 bridgehead atoms. The molecule has 10 heteroatoms. The summed E-state index contributed by atoms with van der Waals surface area (Å²) < 4.78 is 29.2. The van der Waals surface area contributed by atoms with Crippen molar-refractivity contribution in [3.05, 3.63) is 52.3 Å². The van der Waals surface area contributed by atoms with E-state index in [1.165, 1.54) is 19.2 Å². The van der Waals surface area contributed by atoms with Crippen LogP contribution < -0.4 is 14.8 Å². The van der Waals surface area contributed by atoms with Crippen LogP contribution in [0.2, 0.25) is 0 Å². The van der Waals surface area contributed by atoms with E-state index in [-0.39, 0.29) is 22.9 Å². The van der Waals surface area contributed by atoms with Crippen molar-refractivity contribution in [3.8, 4) is 17.2 Å². The molecule has 0 radical (unpaired) electrons.